The molecule has 3 aromatic heterocycles. The number of benzene rings is 2. The van der Waals surface area contributed by atoms with Crippen molar-refractivity contribution in [2.75, 3.05) is 36.4 Å². The number of piperazine rings is 1. The lowest BCUT2D eigenvalue weighted by Crippen LogP contribution is -2.60. The number of carbonyl (C=O) groups excluding carboxylic acids is 3. The molecule has 3 fully saturated rings. The Balaban J connectivity index is 0.916. The van der Waals surface area contributed by atoms with Gasteiger partial charge in [0.25, 0.3) is 5.91 Å². The fourth-order valence-corrected chi connectivity index (χ4v) is 8.51. The molecule has 58 heavy (non-hydrogen) atoms. The molecule has 1 saturated carbocycles. The Hall–Kier alpha value is -5.79. The van der Waals surface area contributed by atoms with E-state index in [2.05, 4.69) is 25.7 Å². The number of amides is 3. The molecule has 2 aromatic carbocycles. The van der Waals surface area contributed by atoms with Crippen LogP contribution in [0.25, 0.3) is 21.9 Å². The van der Waals surface area contributed by atoms with Crippen LogP contribution >= 0.6 is 0 Å². The molecule has 0 radical (unpaired) electrons. The number of aryl methyl sites for hydroxylation is 1. The number of fused-ring (bicyclic) bond motifs is 2. The quantitative estimate of drug-likeness (QED) is 0.167. The summed E-state index contributed by atoms with van der Waals surface area (Å²) in [7, 11) is 1.52. The fourth-order valence-electron chi connectivity index (χ4n) is 8.51. The Morgan fingerprint density at radius 3 is 2.47 bits per heavy atom. The summed E-state index contributed by atoms with van der Waals surface area (Å²) in [6.45, 7) is 0.353. The highest BCUT2D eigenvalue weighted by atomic mass is 19.4. The Bertz CT molecular complexity index is 2470. The zero-order valence-electron chi connectivity index (χ0n) is 31.1. The lowest BCUT2D eigenvalue weighted by atomic mass is 9.85. The number of hydrogen-bond donors (Lipinski definition) is 2. The number of aromatic nitrogens is 6. The molecule has 1 aliphatic carbocycles. The van der Waals surface area contributed by atoms with Crippen molar-refractivity contribution in [2.45, 2.75) is 69.0 Å². The van der Waals surface area contributed by atoms with Crippen LogP contribution in [0.2, 0.25) is 0 Å². The Morgan fingerprint density at radius 1 is 0.966 bits per heavy atom. The molecule has 3 aliphatic rings. The summed E-state index contributed by atoms with van der Waals surface area (Å²) in [5.74, 6) is -1.86. The minimum absolute atomic E-state index is 0.00283. The molecule has 2 saturated heterocycles. The topological polar surface area (TPSA) is 152 Å². The maximum Gasteiger partial charge on any atom is 0.434 e. The van der Waals surface area contributed by atoms with Gasteiger partial charge in [-0.15, -0.1) is 0 Å². The van der Waals surface area contributed by atoms with Crippen LogP contribution < -0.4 is 21.2 Å². The van der Waals surface area contributed by atoms with E-state index in [1.165, 1.54) is 21.1 Å². The molecule has 14 nitrogen and oxygen atoms in total. The highest BCUT2D eigenvalue weighted by Crippen LogP contribution is 2.38. The molecule has 2 N–H and O–H groups in total. The highest BCUT2D eigenvalue weighted by Gasteiger charge is 2.47. The molecule has 3 amide bonds. The van der Waals surface area contributed by atoms with Gasteiger partial charge < -0.3 is 10.2 Å². The van der Waals surface area contributed by atoms with Crippen LogP contribution in [0.15, 0.2) is 59.8 Å². The number of nitrogens with zero attached hydrogens (tertiary/aromatic N) is 8. The molecule has 8 rings (SSSR count). The minimum Gasteiger partial charge on any atom is -0.367 e. The van der Waals surface area contributed by atoms with Gasteiger partial charge in [-0.2, -0.15) is 31.4 Å². The van der Waals surface area contributed by atoms with Gasteiger partial charge in [0.05, 0.1) is 40.7 Å². The van der Waals surface area contributed by atoms with E-state index in [1.807, 2.05) is 10.9 Å². The number of imide groups is 1. The summed E-state index contributed by atoms with van der Waals surface area (Å²) in [4.78, 5) is 60.6. The average molecular weight is 813 g/mol. The third kappa shape index (κ3) is 7.51. The molecule has 2 aliphatic heterocycles. The van der Waals surface area contributed by atoms with Gasteiger partial charge in [-0.25, -0.2) is 9.78 Å². The normalized spacial score (nSPS) is 22.4. The van der Waals surface area contributed by atoms with Crippen molar-refractivity contribution >= 4 is 51.0 Å². The van der Waals surface area contributed by atoms with Crippen molar-refractivity contribution in [1.29, 1.82) is 0 Å². The van der Waals surface area contributed by atoms with E-state index in [9.17, 15) is 45.5 Å². The number of rotatable bonds is 7. The number of imidazole rings is 1. The lowest BCUT2D eigenvalue weighted by Gasteiger charge is -2.45. The number of carbonyl (C=O) groups is 3. The summed E-state index contributed by atoms with van der Waals surface area (Å²) < 4.78 is 87.9. The van der Waals surface area contributed by atoms with Gasteiger partial charge in [0.15, 0.2) is 5.69 Å². The molecule has 306 valence electrons. The molecule has 1 unspecified atom stereocenters. The monoisotopic (exact) mass is 812 g/mol. The average Bonchev–Trinajstić information content (AvgIpc) is 3.72. The Morgan fingerprint density at radius 2 is 1.74 bits per heavy atom. The first-order valence-corrected chi connectivity index (χ1v) is 18.8. The van der Waals surface area contributed by atoms with E-state index in [-0.39, 0.29) is 51.0 Å². The van der Waals surface area contributed by atoms with Crippen LogP contribution in [0.5, 0.6) is 0 Å². The zero-order chi connectivity index (χ0) is 41.1. The number of hydrogen-bond acceptors (Lipinski definition) is 9. The van der Waals surface area contributed by atoms with Crippen molar-refractivity contribution in [3.63, 3.8) is 0 Å². The van der Waals surface area contributed by atoms with E-state index in [0.29, 0.717) is 65.2 Å². The second-order valence-corrected chi connectivity index (χ2v) is 15.1. The predicted molar refractivity (Wildman–Crippen MR) is 198 cm³/mol. The number of para-hydroxylation sites is 1. The molecule has 0 spiro atoms. The lowest BCUT2D eigenvalue weighted by molar-refractivity contribution is -0.186. The number of halogens is 6. The summed E-state index contributed by atoms with van der Waals surface area (Å²) in [6.07, 6.45) is -3.04. The van der Waals surface area contributed by atoms with Gasteiger partial charge in [-0.1, -0.05) is 6.07 Å². The third-order valence-electron chi connectivity index (χ3n) is 11.4. The van der Waals surface area contributed by atoms with Gasteiger partial charge in [0.2, 0.25) is 11.8 Å². The minimum atomic E-state index is -4.75. The number of alkyl halides is 6. The Kier molecular flexibility index (Phi) is 10.0. The van der Waals surface area contributed by atoms with E-state index < -0.39 is 59.2 Å². The molecule has 20 heteroatoms. The van der Waals surface area contributed by atoms with Crippen LogP contribution in [0.1, 0.15) is 66.8 Å². The van der Waals surface area contributed by atoms with Gasteiger partial charge in [-0.05, 0) is 68.4 Å². The molecule has 0 bridgehead atoms. The van der Waals surface area contributed by atoms with Crippen molar-refractivity contribution in [3.8, 4) is 0 Å². The van der Waals surface area contributed by atoms with Crippen molar-refractivity contribution in [2.24, 2.45) is 13.0 Å². The smallest absolute Gasteiger partial charge is 0.367 e. The first-order valence-electron chi connectivity index (χ1n) is 18.8. The van der Waals surface area contributed by atoms with E-state index in [1.54, 1.807) is 41.3 Å². The first-order chi connectivity index (χ1) is 27.5. The largest absolute Gasteiger partial charge is 0.434 e. The van der Waals surface area contributed by atoms with E-state index in [0.717, 1.165) is 6.20 Å². The second kappa shape index (κ2) is 14.9. The van der Waals surface area contributed by atoms with Crippen molar-refractivity contribution < 1.29 is 40.7 Å². The van der Waals surface area contributed by atoms with Gasteiger partial charge >= 0.3 is 18.0 Å². The molecular formula is C38H38F6N10O4. The van der Waals surface area contributed by atoms with Crippen molar-refractivity contribution in [3.05, 3.63) is 76.9 Å². The zero-order valence-corrected chi connectivity index (χ0v) is 31.1. The number of anilines is 2. The fraction of sp³-hybridized carbons (Fsp3) is 0.447. The summed E-state index contributed by atoms with van der Waals surface area (Å²) in [5.41, 5.74) is -0.0247. The van der Waals surface area contributed by atoms with Gasteiger partial charge in [0.1, 0.15) is 17.8 Å². The first kappa shape index (κ1) is 39.1. The molecular weight excluding hydrogens is 774 g/mol. The molecule has 5 heterocycles. The third-order valence-corrected chi connectivity index (χ3v) is 11.4. The summed E-state index contributed by atoms with van der Waals surface area (Å²) >= 11 is 0. The van der Waals surface area contributed by atoms with E-state index in [4.69, 9.17) is 0 Å². The van der Waals surface area contributed by atoms with Crippen LogP contribution in [-0.4, -0.2) is 89.9 Å². The number of piperidine rings is 1. The Labute approximate surface area is 325 Å². The molecule has 5 aromatic rings. The van der Waals surface area contributed by atoms with Crippen LogP contribution in [-0.2, 0) is 22.8 Å². The van der Waals surface area contributed by atoms with Crippen LogP contribution in [0, 0.1) is 5.92 Å². The summed E-state index contributed by atoms with van der Waals surface area (Å²) in [5, 5.41) is 10.2. The second-order valence-electron chi connectivity index (χ2n) is 15.1. The predicted octanol–water partition coefficient (Wildman–Crippen LogP) is 5.21. The highest BCUT2D eigenvalue weighted by molar-refractivity contribution is 6.03. The maximum absolute atomic E-state index is 14.8. The van der Waals surface area contributed by atoms with Gasteiger partial charge in [0, 0.05) is 56.9 Å². The molecule has 2 atom stereocenters. The maximum atomic E-state index is 14.8. The standard InChI is InChI=1S/C38H38F6N10O4/c1-50-33-27(3-2-4-28(33)54(36(50)58)29-11-12-32(55)48-35(29)57)51-13-14-52(31(20-51)38(42,43)44)18-21-5-8-24(9-6-21)53-19-22-15-23(7-10-25(22)49-53)46-34(56)26-16-45-17-30(47-26)37(39,40)41/h2-4,7,10,15-17,19,21,24,29,31H,5-6,8-9,11-14,18,20H2,1H3,(H,46,56)(H,48,55,57)/t21?,24?,29?,31-/m1/s1. The number of nitrogens with one attached hydrogen (secondary N) is 2. The van der Waals surface area contributed by atoms with Crippen molar-refractivity contribution in [1.82, 2.24) is 39.1 Å². The van der Waals surface area contributed by atoms with Crippen LogP contribution in [0.3, 0.4) is 0 Å². The van der Waals surface area contributed by atoms with Gasteiger partial charge in [-0.3, -0.25) is 43.4 Å². The summed E-state index contributed by atoms with van der Waals surface area (Å²) in [6, 6.07) is 7.23. The van der Waals surface area contributed by atoms with Crippen LogP contribution in [0.4, 0.5) is 37.7 Å². The SMILES string of the molecule is Cn1c(=O)n(C2CCC(=O)NC2=O)c2cccc(N3CCN(CC4CCC(n5cc6cc(NC(=O)c7cncc(C(F)(F)F)n7)ccc6n5)CC4)[C@@H](C(F)(F)F)C3)c21. The van der Waals surface area contributed by atoms with E-state index >= 15 is 0 Å².